The first kappa shape index (κ1) is 12.2. The Bertz CT molecular complexity index is 379. The van der Waals surface area contributed by atoms with Crippen LogP contribution in [0.15, 0.2) is 18.2 Å². The van der Waals surface area contributed by atoms with Gasteiger partial charge in [-0.25, -0.2) is 0 Å². The number of rotatable bonds is 4. The van der Waals surface area contributed by atoms with Crippen LogP contribution in [-0.2, 0) is 4.79 Å². The highest BCUT2D eigenvalue weighted by Gasteiger charge is 2.11. The second-order valence-electron chi connectivity index (χ2n) is 3.15. The van der Waals surface area contributed by atoms with Crippen LogP contribution in [0.3, 0.4) is 0 Å². The van der Waals surface area contributed by atoms with Gasteiger partial charge >= 0.3 is 0 Å². The van der Waals surface area contributed by atoms with Crippen LogP contribution in [0.5, 0.6) is 0 Å². The molecule has 0 bridgehead atoms. The number of ketones is 2. The Morgan fingerprint density at radius 3 is 2.13 bits per heavy atom. The number of benzene rings is 1. The van der Waals surface area contributed by atoms with Crippen molar-refractivity contribution in [1.29, 1.82) is 0 Å². The Morgan fingerprint density at radius 1 is 1.13 bits per heavy atom. The van der Waals surface area contributed by atoms with E-state index in [1.54, 1.807) is 13.0 Å². The average molecular weight is 245 g/mol. The van der Waals surface area contributed by atoms with Crippen molar-refractivity contribution in [2.45, 2.75) is 19.8 Å². The summed E-state index contributed by atoms with van der Waals surface area (Å²) >= 11 is 11.5. The lowest BCUT2D eigenvalue weighted by atomic mass is 10.1. The molecule has 15 heavy (non-hydrogen) atoms. The summed E-state index contributed by atoms with van der Waals surface area (Å²) in [5, 5.41) is 0.796. The number of carbonyl (C=O) groups excluding carboxylic acids is 2. The van der Waals surface area contributed by atoms with Crippen LogP contribution in [0.1, 0.15) is 30.1 Å². The van der Waals surface area contributed by atoms with Crippen LogP contribution in [0.25, 0.3) is 0 Å². The number of hydrogen-bond donors (Lipinski definition) is 0. The zero-order valence-corrected chi connectivity index (χ0v) is 9.73. The summed E-state index contributed by atoms with van der Waals surface area (Å²) in [6.45, 7) is 1.72. The third-order valence-electron chi connectivity index (χ3n) is 1.94. The van der Waals surface area contributed by atoms with E-state index in [0.29, 0.717) is 22.0 Å². The minimum Gasteiger partial charge on any atom is -0.299 e. The number of carbonyl (C=O) groups is 2. The van der Waals surface area contributed by atoms with Gasteiger partial charge in [0.05, 0.1) is 6.42 Å². The molecule has 0 atom stereocenters. The zero-order valence-electron chi connectivity index (χ0n) is 8.22. The van der Waals surface area contributed by atoms with Crippen molar-refractivity contribution in [3.8, 4) is 0 Å². The van der Waals surface area contributed by atoms with Gasteiger partial charge in [-0.3, -0.25) is 9.59 Å². The average Bonchev–Trinajstić information content (AvgIpc) is 2.16. The summed E-state index contributed by atoms with van der Waals surface area (Å²) in [6, 6.07) is 4.57. The summed E-state index contributed by atoms with van der Waals surface area (Å²) in [6.07, 6.45) is 0.271. The molecule has 0 saturated carbocycles. The lowest BCUT2D eigenvalue weighted by Gasteiger charge is -2.01. The van der Waals surface area contributed by atoms with Gasteiger partial charge in [0.2, 0.25) is 0 Å². The molecule has 0 radical (unpaired) electrons. The van der Waals surface area contributed by atoms with E-state index in [4.69, 9.17) is 23.2 Å². The molecule has 0 heterocycles. The molecule has 1 aromatic carbocycles. The Labute approximate surface area is 98.2 Å². The minimum absolute atomic E-state index is 0.0869. The first-order chi connectivity index (χ1) is 7.02. The molecule has 2 nitrogen and oxygen atoms in total. The summed E-state index contributed by atoms with van der Waals surface area (Å²) in [4.78, 5) is 22.7. The summed E-state index contributed by atoms with van der Waals surface area (Å²) in [5.41, 5.74) is 0.384. The van der Waals surface area contributed by atoms with E-state index in [0.717, 1.165) is 0 Å². The second kappa shape index (κ2) is 5.29. The zero-order chi connectivity index (χ0) is 11.4. The van der Waals surface area contributed by atoms with Gasteiger partial charge in [0.25, 0.3) is 0 Å². The lowest BCUT2D eigenvalue weighted by molar-refractivity contribution is -0.117. The molecule has 0 aromatic heterocycles. The van der Waals surface area contributed by atoms with Crippen molar-refractivity contribution in [3.05, 3.63) is 33.8 Å². The van der Waals surface area contributed by atoms with Crippen LogP contribution in [0, 0.1) is 0 Å². The molecule has 0 saturated heterocycles. The quantitative estimate of drug-likeness (QED) is 0.600. The molecule has 4 heteroatoms. The third kappa shape index (κ3) is 3.65. The Morgan fingerprint density at radius 2 is 1.67 bits per heavy atom. The van der Waals surface area contributed by atoms with Gasteiger partial charge in [-0.05, 0) is 18.2 Å². The standard InChI is InChI=1S/C11H10Cl2O2/c1-2-10(14)6-11(15)7-3-8(12)5-9(13)4-7/h3-5H,2,6H2,1H3. The SMILES string of the molecule is CCC(=O)CC(=O)c1cc(Cl)cc(Cl)c1. The maximum atomic E-state index is 11.6. The van der Waals surface area contributed by atoms with E-state index in [9.17, 15) is 9.59 Å². The van der Waals surface area contributed by atoms with Crippen molar-refractivity contribution >= 4 is 34.8 Å². The van der Waals surface area contributed by atoms with Crippen LogP contribution < -0.4 is 0 Å². The van der Waals surface area contributed by atoms with Gasteiger partial charge < -0.3 is 0 Å². The lowest BCUT2D eigenvalue weighted by Crippen LogP contribution is -2.06. The highest BCUT2D eigenvalue weighted by atomic mass is 35.5. The van der Waals surface area contributed by atoms with Gasteiger partial charge in [-0.15, -0.1) is 0 Å². The molecular weight excluding hydrogens is 235 g/mol. The van der Waals surface area contributed by atoms with Gasteiger partial charge in [-0.2, -0.15) is 0 Å². The first-order valence-electron chi connectivity index (χ1n) is 4.54. The Kier molecular flexibility index (Phi) is 4.30. The van der Waals surface area contributed by atoms with E-state index in [1.165, 1.54) is 12.1 Å². The van der Waals surface area contributed by atoms with E-state index in [2.05, 4.69) is 0 Å². The smallest absolute Gasteiger partial charge is 0.170 e. The highest BCUT2D eigenvalue weighted by molar-refractivity contribution is 6.35. The second-order valence-corrected chi connectivity index (χ2v) is 4.02. The maximum Gasteiger partial charge on any atom is 0.170 e. The summed E-state index contributed by atoms with van der Waals surface area (Å²) < 4.78 is 0. The molecule has 0 aliphatic rings. The Hall–Kier alpha value is -0.860. The van der Waals surface area contributed by atoms with Crippen molar-refractivity contribution in [2.75, 3.05) is 0 Å². The van der Waals surface area contributed by atoms with E-state index in [-0.39, 0.29) is 18.0 Å². The summed E-state index contributed by atoms with van der Waals surface area (Å²) in [7, 11) is 0. The monoisotopic (exact) mass is 244 g/mol. The fraction of sp³-hybridized carbons (Fsp3) is 0.273. The van der Waals surface area contributed by atoms with Crippen LogP contribution in [-0.4, -0.2) is 11.6 Å². The van der Waals surface area contributed by atoms with Crippen molar-refractivity contribution in [2.24, 2.45) is 0 Å². The van der Waals surface area contributed by atoms with Crippen molar-refractivity contribution in [3.63, 3.8) is 0 Å². The molecule has 0 fully saturated rings. The molecule has 1 aromatic rings. The normalized spacial score (nSPS) is 10.1. The molecule has 0 aliphatic carbocycles. The van der Waals surface area contributed by atoms with Gasteiger partial charge in [0, 0.05) is 22.0 Å². The molecule has 0 N–H and O–H groups in total. The molecule has 0 amide bonds. The fourth-order valence-electron chi connectivity index (χ4n) is 1.12. The van der Waals surface area contributed by atoms with Crippen LogP contribution in [0.4, 0.5) is 0 Å². The van der Waals surface area contributed by atoms with Crippen molar-refractivity contribution in [1.82, 2.24) is 0 Å². The molecule has 1 rings (SSSR count). The minimum atomic E-state index is -0.244. The van der Waals surface area contributed by atoms with E-state index < -0.39 is 0 Å². The van der Waals surface area contributed by atoms with E-state index >= 15 is 0 Å². The molecule has 0 aliphatic heterocycles. The van der Waals surface area contributed by atoms with Gasteiger partial charge in [-0.1, -0.05) is 30.1 Å². The van der Waals surface area contributed by atoms with E-state index in [1.807, 2.05) is 0 Å². The highest BCUT2D eigenvalue weighted by Crippen LogP contribution is 2.20. The van der Waals surface area contributed by atoms with Crippen molar-refractivity contribution < 1.29 is 9.59 Å². The summed E-state index contributed by atoms with van der Waals surface area (Å²) in [5.74, 6) is -0.331. The number of halogens is 2. The predicted molar refractivity (Wildman–Crippen MR) is 60.7 cm³/mol. The third-order valence-corrected chi connectivity index (χ3v) is 2.37. The molecular formula is C11H10Cl2O2. The fourth-order valence-corrected chi connectivity index (χ4v) is 1.65. The topological polar surface area (TPSA) is 34.1 Å². The van der Waals surface area contributed by atoms with Crippen LogP contribution in [0.2, 0.25) is 10.0 Å². The number of Topliss-reactive ketones (excluding diaryl/α,β-unsaturated/α-hetero) is 2. The van der Waals surface area contributed by atoms with Gasteiger partial charge in [0.15, 0.2) is 5.78 Å². The molecule has 80 valence electrons. The number of hydrogen-bond acceptors (Lipinski definition) is 2. The molecule has 0 unspecified atom stereocenters. The predicted octanol–water partition coefficient (Wildman–Crippen LogP) is 3.55. The Balaban J connectivity index is 2.86. The van der Waals surface area contributed by atoms with Crippen LogP contribution >= 0.6 is 23.2 Å². The van der Waals surface area contributed by atoms with Gasteiger partial charge in [0.1, 0.15) is 5.78 Å². The maximum absolute atomic E-state index is 11.6. The molecule has 0 spiro atoms. The first-order valence-corrected chi connectivity index (χ1v) is 5.29. The largest absolute Gasteiger partial charge is 0.299 e.